The minimum Gasteiger partial charge on any atom is -0.496 e. The number of aryl methyl sites for hydroxylation is 1. The summed E-state index contributed by atoms with van der Waals surface area (Å²) in [6.07, 6.45) is 4.78. The number of sulfonamides is 2. The maximum absolute atomic E-state index is 13.8. The zero-order valence-corrected chi connectivity index (χ0v) is 22.9. The Morgan fingerprint density at radius 3 is 2.08 bits per heavy atom. The summed E-state index contributed by atoms with van der Waals surface area (Å²) < 4.78 is 63.0. The Hall–Kier alpha value is -2.72. The van der Waals surface area contributed by atoms with Crippen LogP contribution in [0.25, 0.3) is 0 Å². The number of nitrogens with one attached hydrogen (secondary N) is 1. The van der Waals surface area contributed by atoms with Crippen molar-refractivity contribution in [3.05, 3.63) is 89.5 Å². The highest BCUT2D eigenvalue weighted by molar-refractivity contribution is 7.89. The summed E-state index contributed by atoms with van der Waals surface area (Å²) in [4.78, 5) is 0.0953. The van der Waals surface area contributed by atoms with Crippen LogP contribution in [0.15, 0.2) is 82.6 Å². The first-order valence-electron chi connectivity index (χ1n) is 12.5. The zero-order chi connectivity index (χ0) is 26.5. The van der Waals surface area contributed by atoms with E-state index in [2.05, 4.69) is 4.72 Å². The highest BCUT2D eigenvalue weighted by Crippen LogP contribution is 2.27. The summed E-state index contributed by atoms with van der Waals surface area (Å²) in [5.41, 5.74) is 2.66. The fraction of sp³-hybridized carbons (Fsp3) is 0.357. The Labute approximate surface area is 220 Å². The number of methoxy groups -OCH3 is 1. The van der Waals surface area contributed by atoms with Crippen LogP contribution in [0.1, 0.15) is 48.8 Å². The summed E-state index contributed by atoms with van der Waals surface area (Å²) in [7, 11) is -6.13. The summed E-state index contributed by atoms with van der Waals surface area (Å²) in [6.45, 7) is 2.24. The molecule has 37 heavy (non-hydrogen) atoms. The van der Waals surface area contributed by atoms with Gasteiger partial charge in [-0.3, -0.25) is 0 Å². The molecule has 7 nitrogen and oxygen atoms in total. The molecule has 0 amide bonds. The smallest absolute Gasteiger partial charge is 0.243 e. The van der Waals surface area contributed by atoms with Crippen LogP contribution in [0.2, 0.25) is 0 Å². The Morgan fingerprint density at radius 2 is 1.43 bits per heavy atom. The molecule has 0 unspecified atom stereocenters. The second-order valence-corrected chi connectivity index (χ2v) is 13.2. The molecule has 0 aromatic heterocycles. The van der Waals surface area contributed by atoms with Gasteiger partial charge in [0, 0.05) is 24.7 Å². The van der Waals surface area contributed by atoms with Gasteiger partial charge in [-0.1, -0.05) is 67.3 Å². The third-order valence-corrected chi connectivity index (χ3v) is 10.1. The molecule has 9 heteroatoms. The standard InChI is InChI=1S/C28H34N2O5S2/c1-22-12-14-23(15-13-22)20-30(21-24-8-6-7-11-28(24)35-2)37(33,34)27-18-16-26(17-19-27)36(31,32)29-25-9-4-3-5-10-25/h6-8,11-19,25,29H,3-5,9-10,20-21H2,1-2H3. The molecule has 0 bridgehead atoms. The van der Waals surface area contributed by atoms with E-state index < -0.39 is 20.0 Å². The van der Waals surface area contributed by atoms with E-state index in [1.54, 1.807) is 13.2 Å². The van der Waals surface area contributed by atoms with E-state index in [0.717, 1.165) is 48.8 Å². The minimum atomic E-state index is -3.96. The van der Waals surface area contributed by atoms with Gasteiger partial charge in [-0.05, 0) is 55.7 Å². The Morgan fingerprint density at radius 1 is 0.811 bits per heavy atom. The number of nitrogens with zero attached hydrogens (tertiary/aromatic N) is 1. The Kier molecular flexibility index (Phi) is 8.69. The normalized spacial score (nSPS) is 15.1. The summed E-state index contributed by atoms with van der Waals surface area (Å²) >= 11 is 0. The van der Waals surface area contributed by atoms with E-state index in [4.69, 9.17) is 4.74 Å². The van der Waals surface area contributed by atoms with Crippen molar-refractivity contribution >= 4 is 20.0 Å². The third-order valence-electron chi connectivity index (χ3n) is 6.72. The molecule has 1 aliphatic carbocycles. The van der Waals surface area contributed by atoms with Crippen LogP contribution in [-0.2, 0) is 33.1 Å². The first-order valence-corrected chi connectivity index (χ1v) is 15.4. The molecule has 3 aromatic carbocycles. The maximum atomic E-state index is 13.8. The van der Waals surface area contributed by atoms with E-state index in [-0.39, 0.29) is 28.9 Å². The predicted octanol–water partition coefficient (Wildman–Crippen LogP) is 5.01. The molecule has 0 radical (unpaired) electrons. The van der Waals surface area contributed by atoms with Gasteiger partial charge in [0.2, 0.25) is 20.0 Å². The largest absolute Gasteiger partial charge is 0.496 e. The lowest BCUT2D eigenvalue weighted by Crippen LogP contribution is -2.36. The van der Waals surface area contributed by atoms with E-state index in [0.29, 0.717) is 5.75 Å². The predicted molar refractivity (Wildman–Crippen MR) is 144 cm³/mol. The van der Waals surface area contributed by atoms with Crippen LogP contribution >= 0.6 is 0 Å². The Bertz CT molecular complexity index is 1400. The van der Waals surface area contributed by atoms with Crippen LogP contribution in [0.3, 0.4) is 0 Å². The summed E-state index contributed by atoms with van der Waals surface area (Å²) in [5, 5.41) is 0. The molecule has 0 aliphatic heterocycles. The van der Waals surface area contributed by atoms with Crippen molar-refractivity contribution in [1.29, 1.82) is 0 Å². The average Bonchev–Trinajstić information content (AvgIpc) is 2.90. The van der Waals surface area contributed by atoms with Gasteiger partial charge in [-0.2, -0.15) is 4.31 Å². The average molecular weight is 543 g/mol. The molecule has 0 saturated heterocycles. The van der Waals surface area contributed by atoms with Crippen LogP contribution in [-0.4, -0.2) is 34.3 Å². The van der Waals surface area contributed by atoms with Crippen molar-refractivity contribution in [2.75, 3.05) is 7.11 Å². The topological polar surface area (TPSA) is 92.8 Å². The van der Waals surface area contributed by atoms with E-state index in [1.165, 1.54) is 28.6 Å². The second kappa shape index (κ2) is 11.8. The lowest BCUT2D eigenvalue weighted by molar-refractivity contribution is 0.375. The molecule has 198 valence electrons. The lowest BCUT2D eigenvalue weighted by atomic mass is 9.96. The highest BCUT2D eigenvalue weighted by atomic mass is 32.2. The number of hydrogen-bond donors (Lipinski definition) is 1. The van der Waals surface area contributed by atoms with Gasteiger partial charge in [0.25, 0.3) is 0 Å². The maximum Gasteiger partial charge on any atom is 0.243 e. The SMILES string of the molecule is COc1ccccc1CN(Cc1ccc(C)cc1)S(=O)(=O)c1ccc(S(=O)(=O)NC2CCCCC2)cc1. The highest BCUT2D eigenvalue weighted by Gasteiger charge is 2.27. The number of benzene rings is 3. The molecule has 1 N–H and O–H groups in total. The third kappa shape index (κ3) is 6.78. The Balaban J connectivity index is 1.62. The van der Waals surface area contributed by atoms with Crippen LogP contribution in [0.4, 0.5) is 0 Å². The van der Waals surface area contributed by atoms with E-state index in [1.807, 2.05) is 49.4 Å². The molecule has 1 saturated carbocycles. The van der Waals surface area contributed by atoms with Crippen LogP contribution in [0, 0.1) is 6.92 Å². The molecule has 3 aromatic rings. The summed E-state index contributed by atoms with van der Waals surface area (Å²) in [6, 6.07) is 20.4. The number of hydrogen-bond acceptors (Lipinski definition) is 5. The van der Waals surface area contributed by atoms with Gasteiger partial charge in [0.15, 0.2) is 0 Å². The second-order valence-electron chi connectivity index (χ2n) is 9.50. The first-order chi connectivity index (χ1) is 17.7. The molecule has 0 spiro atoms. The molecular formula is C28H34N2O5S2. The molecule has 0 atom stereocenters. The van der Waals surface area contributed by atoms with Gasteiger partial charge in [-0.15, -0.1) is 0 Å². The monoisotopic (exact) mass is 542 g/mol. The van der Waals surface area contributed by atoms with Gasteiger partial charge < -0.3 is 4.74 Å². The van der Waals surface area contributed by atoms with Crippen molar-refractivity contribution in [1.82, 2.24) is 9.03 Å². The zero-order valence-electron chi connectivity index (χ0n) is 21.3. The number of rotatable bonds is 10. The van der Waals surface area contributed by atoms with Crippen molar-refractivity contribution in [3.8, 4) is 5.75 Å². The molecule has 0 heterocycles. The van der Waals surface area contributed by atoms with Crippen molar-refractivity contribution in [2.45, 2.75) is 68.0 Å². The summed E-state index contributed by atoms with van der Waals surface area (Å²) in [5.74, 6) is 0.599. The van der Waals surface area contributed by atoms with Crippen molar-refractivity contribution in [2.24, 2.45) is 0 Å². The number of ether oxygens (including phenoxy) is 1. The van der Waals surface area contributed by atoms with E-state index >= 15 is 0 Å². The van der Waals surface area contributed by atoms with Gasteiger partial charge in [0.05, 0.1) is 16.9 Å². The van der Waals surface area contributed by atoms with Crippen molar-refractivity contribution in [3.63, 3.8) is 0 Å². The molecule has 4 rings (SSSR count). The molecule has 1 fully saturated rings. The fourth-order valence-corrected chi connectivity index (χ4v) is 7.31. The van der Waals surface area contributed by atoms with Crippen molar-refractivity contribution < 1.29 is 21.6 Å². The van der Waals surface area contributed by atoms with Crippen LogP contribution < -0.4 is 9.46 Å². The lowest BCUT2D eigenvalue weighted by Gasteiger charge is -2.24. The van der Waals surface area contributed by atoms with Gasteiger partial charge in [-0.25, -0.2) is 21.6 Å². The number of para-hydroxylation sites is 1. The molecular weight excluding hydrogens is 508 g/mol. The fourth-order valence-electron chi connectivity index (χ4n) is 4.59. The van der Waals surface area contributed by atoms with Crippen LogP contribution in [0.5, 0.6) is 5.75 Å². The van der Waals surface area contributed by atoms with Gasteiger partial charge in [0.1, 0.15) is 5.75 Å². The van der Waals surface area contributed by atoms with Gasteiger partial charge >= 0.3 is 0 Å². The minimum absolute atomic E-state index is 0.0335. The first kappa shape index (κ1) is 27.3. The molecule has 1 aliphatic rings. The van der Waals surface area contributed by atoms with E-state index in [9.17, 15) is 16.8 Å². The quantitative estimate of drug-likeness (QED) is 0.389.